The summed E-state index contributed by atoms with van der Waals surface area (Å²) in [6, 6.07) is 9.90. The first-order chi connectivity index (χ1) is 15.5. The number of piperazine rings is 1. The standard InChI is InChI=1S/C22H22N4O5S/c1-30-17-7-8-18(31-2)21-20(17)23-22(32-21)25-12-10-24(11-13-25)19(27)9-6-15-4-3-5-16(14-15)26(28)29/h3-9,14H,10-13H2,1-2H3/b9-6+. The lowest BCUT2D eigenvalue weighted by molar-refractivity contribution is -0.384. The average molecular weight is 455 g/mol. The molecule has 10 heteroatoms. The van der Waals surface area contributed by atoms with Gasteiger partial charge in [0.15, 0.2) is 5.13 Å². The number of benzene rings is 2. The SMILES string of the molecule is COc1ccc(OC)c2sc(N3CCN(C(=O)/C=C/c4cccc([N+](=O)[O-])c4)CC3)nc12. The lowest BCUT2D eigenvalue weighted by atomic mass is 10.2. The molecule has 9 nitrogen and oxygen atoms in total. The van der Waals surface area contributed by atoms with E-state index in [0.29, 0.717) is 37.5 Å². The van der Waals surface area contributed by atoms with Gasteiger partial charge < -0.3 is 19.3 Å². The first-order valence-corrected chi connectivity index (χ1v) is 10.8. The maximum Gasteiger partial charge on any atom is 0.270 e. The largest absolute Gasteiger partial charge is 0.495 e. The van der Waals surface area contributed by atoms with E-state index in [1.807, 2.05) is 12.1 Å². The van der Waals surface area contributed by atoms with Gasteiger partial charge in [0.2, 0.25) is 5.91 Å². The van der Waals surface area contributed by atoms with Crippen LogP contribution in [0.2, 0.25) is 0 Å². The van der Waals surface area contributed by atoms with Crippen molar-refractivity contribution in [2.24, 2.45) is 0 Å². The van der Waals surface area contributed by atoms with E-state index in [1.54, 1.807) is 48.7 Å². The topological polar surface area (TPSA) is 98.0 Å². The Balaban J connectivity index is 1.42. The van der Waals surface area contributed by atoms with Crippen molar-refractivity contribution < 1.29 is 19.2 Å². The van der Waals surface area contributed by atoms with Crippen molar-refractivity contribution in [3.63, 3.8) is 0 Å². The van der Waals surface area contributed by atoms with E-state index >= 15 is 0 Å². The summed E-state index contributed by atoms with van der Waals surface area (Å²) in [4.78, 5) is 31.7. The van der Waals surface area contributed by atoms with Crippen LogP contribution in [0.5, 0.6) is 11.5 Å². The van der Waals surface area contributed by atoms with E-state index in [9.17, 15) is 14.9 Å². The molecule has 0 unspecified atom stereocenters. The van der Waals surface area contributed by atoms with Crippen molar-refractivity contribution in [3.8, 4) is 11.5 Å². The smallest absolute Gasteiger partial charge is 0.270 e. The second-order valence-corrected chi connectivity index (χ2v) is 8.12. The number of nitrogens with zero attached hydrogens (tertiary/aromatic N) is 4. The zero-order valence-electron chi connectivity index (χ0n) is 17.7. The average Bonchev–Trinajstić information content (AvgIpc) is 3.28. The van der Waals surface area contributed by atoms with Gasteiger partial charge in [-0.3, -0.25) is 14.9 Å². The second-order valence-electron chi connectivity index (χ2n) is 7.14. The van der Waals surface area contributed by atoms with Gasteiger partial charge in [0.1, 0.15) is 21.7 Å². The predicted octanol–water partition coefficient (Wildman–Crippen LogP) is 3.58. The van der Waals surface area contributed by atoms with Crippen molar-refractivity contribution in [1.82, 2.24) is 9.88 Å². The number of methoxy groups -OCH3 is 2. The Hall–Kier alpha value is -3.66. The Labute approximate surface area is 188 Å². The van der Waals surface area contributed by atoms with Crippen LogP contribution in [0.15, 0.2) is 42.5 Å². The Morgan fingerprint density at radius 1 is 1.12 bits per heavy atom. The molecule has 2 aromatic carbocycles. The highest BCUT2D eigenvalue weighted by atomic mass is 32.1. The minimum Gasteiger partial charge on any atom is -0.495 e. The van der Waals surface area contributed by atoms with Crippen LogP contribution in [0.25, 0.3) is 16.3 Å². The second kappa shape index (κ2) is 9.23. The molecule has 166 valence electrons. The van der Waals surface area contributed by atoms with E-state index < -0.39 is 4.92 Å². The lowest BCUT2D eigenvalue weighted by Crippen LogP contribution is -2.48. The number of non-ortho nitro benzene ring substituents is 1. The number of amides is 1. The third-order valence-corrected chi connectivity index (χ3v) is 6.39. The van der Waals surface area contributed by atoms with Gasteiger partial charge in [-0.25, -0.2) is 4.98 Å². The molecule has 0 atom stereocenters. The summed E-state index contributed by atoms with van der Waals surface area (Å²) in [5, 5.41) is 11.8. The summed E-state index contributed by atoms with van der Waals surface area (Å²) in [6.45, 7) is 2.42. The number of carbonyl (C=O) groups is 1. The first kappa shape index (κ1) is 21.6. The number of ether oxygens (including phenoxy) is 2. The highest BCUT2D eigenvalue weighted by Crippen LogP contribution is 2.40. The van der Waals surface area contributed by atoms with Crippen LogP contribution in [0.1, 0.15) is 5.56 Å². The van der Waals surface area contributed by atoms with Crippen LogP contribution in [0, 0.1) is 10.1 Å². The monoisotopic (exact) mass is 454 g/mol. The van der Waals surface area contributed by atoms with Crippen molar-refractivity contribution in [1.29, 1.82) is 0 Å². The highest BCUT2D eigenvalue weighted by molar-refractivity contribution is 7.22. The Morgan fingerprint density at radius 2 is 1.84 bits per heavy atom. The van der Waals surface area contributed by atoms with Gasteiger partial charge in [0.25, 0.3) is 5.69 Å². The molecule has 32 heavy (non-hydrogen) atoms. The number of carbonyl (C=O) groups excluding carboxylic acids is 1. The quantitative estimate of drug-likeness (QED) is 0.319. The zero-order valence-corrected chi connectivity index (χ0v) is 18.5. The fraction of sp³-hybridized carbons (Fsp3) is 0.273. The molecule has 1 fully saturated rings. The number of anilines is 1. The summed E-state index contributed by atoms with van der Waals surface area (Å²) >= 11 is 1.54. The molecule has 0 aliphatic carbocycles. The number of aromatic nitrogens is 1. The molecule has 0 bridgehead atoms. The number of nitro benzene ring substituents is 1. The van der Waals surface area contributed by atoms with Crippen molar-refractivity contribution >= 4 is 44.4 Å². The van der Waals surface area contributed by atoms with Gasteiger partial charge in [0.05, 0.1) is 19.1 Å². The summed E-state index contributed by atoms with van der Waals surface area (Å²) in [7, 11) is 3.25. The molecule has 1 aromatic heterocycles. The van der Waals surface area contributed by atoms with E-state index in [4.69, 9.17) is 14.5 Å². The molecule has 3 aromatic rings. The van der Waals surface area contributed by atoms with Gasteiger partial charge in [-0.2, -0.15) is 0 Å². The fourth-order valence-electron chi connectivity index (χ4n) is 3.54. The molecule has 0 saturated carbocycles. The molecule has 1 amide bonds. The molecule has 1 aliphatic rings. The summed E-state index contributed by atoms with van der Waals surface area (Å²) in [5.41, 5.74) is 1.38. The summed E-state index contributed by atoms with van der Waals surface area (Å²) in [6.07, 6.45) is 3.07. The number of hydrogen-bond donors (Lipinski definition) is 0. The first-order valence-electron chi connectivity index (χ1n) is 9.98. The molecular formula is C22H22N4O5S. The van der Waals surface area contributed by atoms with Gasteiger partial charge in [-0.05, 0) is 23.8 Å². The van der Waals surface area contributed by atoms with E-state index in [-0.39, 0.29) is 11.6 Å². The third-order valence-electron chi connectivity index (χ3n) is 5.26. The molecule has 0 spiro atoms. The van der Waals surface area contributed by atoms with Crippen molar-refractivity contribution in [2.45, 2.75) is 0 Å². The normalized spacial score (nSPS) is 14.2. The number of rotatable bonds is 6. The van der Waals surface area contributed by atoms with Gasteiger partial charge in [0, 0.05) is 44.4 Å². The maximum atomic E-state index is 12.6. The molecule has 1 aliphatic heterocycles. The fourth-order valence-corrected chi connectivity index (χ4v) is 4.67. The van der Waals surface area contributed by atoms with E-state index in [1.165, 1.54) is 18.2 Å². The van der Waals surface area contributed by atoms with E-state index in [2.05, 4.69) is 4.90 Å². The molecule has 4 rings (SSSR count). The minimum absolute atomic E-state index is 0.00249. The Bertz CT molecular complexity index is 1140. The molecule has 0 radical (unpaired) electrons. The minimum atomic E-state index is -0.453. The summed E-state index contributed by atoms with van der Waals surface area (Å²) < 4.78 is 11.8. The van der Waals surface area contributed by atoms with Gasteiger partial charge in [-0.15, -0.1) is 0 Å². The molecule has 1 saturated heterocycles. The maximum absolute atomic E-state index is 12.6. The third kappa shape index (κ3) is 4.35. The van der Waals surface area contributed by atoms with Crippen LogP contribution in [-0.4, -0.2) is 61.1 Å². The summed E-state index contributed by atoms with van der Waals surface area (Å²) in [5.74, 6) is 1.33. The van der Waals surface area contributed by atoms with Gasteiger partial charge in [-0.1, -0.05) is 23.5 Å². The van der Waals surface area contributed by atoms with Crippen molar-refractivity contribution in [2.75, 3.05) is 45.3 Å². The number of hydrogen-bond acceptors (Lipinski definition) is 8. The Morgan fingerprint density at radius 3 is 2.53 bits per heavy atom. The van der Waals surface area contributed by atoms with Crippen LogP contribution in [-0.2, 0) is 4.79 Å². The van der Waals surface area contributed by atoms with Crippen LogP contribution in [0.3, 0.4) is 0 Å². The van der Waals surface area contributed by atoms with Crippen LogP contribution >= 0.6 is 11.3 Å². The van der Waals surface area contributed by atoms with E-state index in [0.717, 1.165) is 21.1 Å². The number of thiazole rings is 1. The van der Waals surface area contributed by atoms with Gasteiger partial charge >= 0.3 is 0 Å². The lowest BCUT2D eigenvalue weighted by Gasteiger charge is -2.34. The molecule has 0 N–H and O–H groups in total. The Kier molecular flexibility index (Phi) is 6.22. The van der Waals surface area contributed by atoms with Crippen molar-refractivity contribution in [3.05, 3.63) is 58.2 Å². The molecular weight excluding hydrogens is 432 g/mol. The van der Waals surface area contributed by atoms with Crippen LogP contribution < -0.4 is 14.4 Å². The zero-order chi connectivity index (χ0) is 22.7. The molecule has 2 heterocycles. The van der Waals surface area contributed by atoms with Crippen LogP contribution in [0.4, 0.5) is 10.8 Å². The highest BCUT2D eigenvalue weighted by Gasteiger charge is 2.23. The number of fused-ring (bicyclic) bond motifs is 1. The predicted molar refractivity (Wildman–Crippen MR) is 124 cm³/mol. The number of nitro groups is 1.